The van der Waals surface area contributed by atoms with Gasteiger partial charge in [0.2, 0.25) is 0 Å². The third-order valence-corrected chi connectivity index (χ3v) is 14.8. The van der Waals surface area contributed by atoms with Gasteiger partial charge in [-0.2, -0.15) is 0 Å². The highest BCUT2D eigenvalue weighted by Gasteiger charge is 2.33. The molecular formula is C54H37NOS2. The van der Waals surface area contributed by atoms with Crippen molar-refractivity contribution >= 4 is 60.3 Å². The van der Waals surface area contributed by atoms with Gasteiger partial charge in [-0.1, -0.05) is 140 Å². The highest BCUT2D eigenvalue weighted by molar-refractivity contribution is 8.00. The number of benzene rings is 7. The van der Waals surface area contributed by atoms with E-state index in [9.17, 15) is 0 Å². The van der Waals surface area contributed by atoms with Gasteiger partial charge < -0.3 is 9.64 Å². The van der Waals surface area contributed by atoms with Gasteiger partial charge in [0.1, 0.15) is 11.9 Å². The summed E-state index contributed by atoms with van der Waals surface area (Å²) in [4.78, 5) is 3.80. The fourth-order valence-corrected chi connectivity index (χ4v) is 12.1. The summed E-state index contributed by atoms with van der Waals surface area (Å²) < 4.78 is 8.95. The van der Waals surface area contributed by atoms with Crippen LogP contribution < -0.4 is 9.64 Å². The molecule has 276 valence electrons. The molecule has 2 nitrogen and oxygen atoms in total. The lowest BCUT2D eigenvalue weighted by Crippen LogP contribution is -2.15. The van der Waals surface area contributed by atoms with Gasteiger partial charge in [0.25, 0.3) is 0 Å². The van der Waals surface area contributed by atoms with E-state index in [1.165, 1.54) is 69.6 Å². The van der Waals surface area contributed by atoms with Crippen LogP contribution in [-0.4, -0.2) is 11.4 Å². The van der Waals surface area contributed by atoms with Crippen LogP contribution >= 0.6 is 23.1 Å². The summed E-state index contributed by atoms with van der Waals surface area (Å²) in [5.74, 6) is 1.67. The second-order valence-electron chi connectivity index (χ2n) is 15.5. The molecule has 0 bridgehead atoms. The largest absolute Gasteiger partial charge is 0.485 e. The molecule has 2 aliphatic carbocycles. The van der Waals surface area contributed by atoms with Crippen LogP contribution in [0.15, 0.2) is 205 Å². The Hall–Kier alpha value is -6.33. The smallest absolute Gasteiger partial charge is 0.128 e. The quantitative estimate of drug-likeness (QED) is 0.167. The zero-order valence-electron chi connectivity index (χ0n) is 31.5. The van der Waals surface area contributed by atoms with Crippen LogP contribution in [0, 0.1) is 0 Å². The van der Waals surface area contributed by atoms with E-state index in [1.807, 2.05) is 23.1 Å². The van der Waals surface area contributed by atoms with Crippen LogP contribution in [0.5, 0.6) is 5.75 Å². The van der Waals surface area contributed by atoms with Crippen molar-refractivity contribution < 1.29 is 4.74 Å². The number of ether oxygens (including phenoxy) is 1. The molecule has 0 amide bonds. The van der Waals surface area contributed by atoms with Crippen molar-refractivity contribution in [2.45, 2.75) is 28.1 Å². The first-order valence-corrected chi connectivity index (χ1v) is 21.7. The number of nitrogens with zero attached hydrogens (tertiary/aromatic N) is 1. The van der Waals surface area contributed by atoms with E-state index in [0.29, 0.717) is 11.2 Å². The van der Waals surface area contributed by atoms with Crippen LogP contribution in [0.2, 0.25) is 0 Å². The Balaban J connectivity index is 0.942. The summed E-state index contributed by atoms with van der Waals surface area (Å²) in [6.45, 7) is 0. The maximum Gasteiger partial charge on any atom is 0.128 e. The predicted molar refractivity (Wildman–Crippen MR) is 246 cm³/mol. The molecule has 0 N–H and O–H groups in total. The van der Waals surface area contributed by atoms with Crippen molar-refractivity contribution in [3.8, 4) is 39.1 Å². The summed E-state index contributed by atoms with van der Waals surface area (Å²) in [7, 11) is 0. The molecule has 0 spiro atoms. The molecule has 7 aromatic carbocycles. The molecular weight excluding hydrogens is 743 g/mol. The number of rotatable bonds is 6. The zero-order valence-corrected chi connectivity index (χ0v) is 33.2. The van der Waals surface area contributed by atoms with Crippen LogP contribution in [-0.2, 0) is 0 Å². The molecule has 0 radical (unpaired) electrons. The Morgan fingerprint density at radius 1 is 0.466 bits per heavy atom. The number of fused-ring (bicyclic) bond motifs is 9. The lowest BCUT2D eigenvalue weighted by Gasteiger charge is -2.26. The van der Waals surface area contributed by atoms with Crippen molar-refractivity contribution in [2.24, 2.45) is 0 Å². The molecule has 12 rings (SSSR count). The molecule has 1 aromatic heterocycles. The number of hydrogen-bond donors (Lipinski definition) is 0. The number of thioether (sulfide) groups is 1. The Morgan fingerprint density at radius 3 is 2.00 bits per heavy atom. The molecule has 0 saturated carbocycles. The van der Waals surface area contributed by atoms with Gasteiger partial charge in [-0.3, -0.25) is 0 Å². The third-order valence-electron chi connectivity index (χ3n) is 12.2. The van der Waals surface area contributed by atoms with Crippen LogP contribution in [0.4, 0.5) is 17.1 Å². The lowest BCUT2D eigenvalue weighted by molar-refractivity contribution is 0.269. The number of thiophene rings is 1. The van der Waals surface area contributed by atoms with Gasteiger partial charge in [0.05, 0.1) is 0 Å². The standard InChI is InChI=1S/C54H37NOS2/c1-4-19-49-43(12-1)48-33-37(26-31-50(48)56-49)36-10-7-11-40(32-36)55(38-27-22-34(23-28-38)41-15-8-17-46-44-13-2-5-20-51(44)57-53(41)46)39-29-24-35(25-30-39)42-16-9-18-47-45-14-3-6-21-52(45)58-54(42)47/h1-33,43-44,49,51H. The van der Waals surface area contributed by atoms with E-state index in [0.717, 1.165) is 22.8 Å². The second kappa shape index (κ2) is 13.7. The monoisotopic (exact) mass is 779 g/mol. The summed E-state index contributed by atoms with van der Waals surface area (Å²) in [5.41, 5.74) is 13.4. The number of allylic oxidation sites excluding steroid dienone is 5. The van der Waals surface area contributed by atoms with E-state index in [-0.39, 0.29) is 12.0 Å². The first-order valence-electron chi connectivity index (χ1n) is 20.1. The maximum absolute atomic E-state index is 6.30. The SMILES string of the molecule is C1=CC2Oc3ccc(-c4cccc(N(c5ccc(-c6cccc7c6SC6C=CC=CC76)cc5)c5ccc(-c6cccc7c6sc6ccccc67)cc5)c4)cc3C2C=C1. The van der Waals surface area contributed by atoms with Gasteiger partial charge in [-0.25, -0.2) is 0 Å². The van der Waals surface area contributed by atoms with E-state index >= 15 is 0 Å². The van der Waals surface area contributed by atoms with Gasteiger partial charge in [-0.05, 0) is 99.6 Å². The van der Waals surface area contributed by atoms with Crippen LogP contribution in [0.3, 0.4) is 0 Å². The van der Waals surface area contributed by atoms with Crippen molar-refractivity contribution in [1.29, 1.82) is 0 Å². The average molecular weight is 780 g/mol. The van der Waals surface area contributed by atoms with Gasteiger partial charge in [-0.15, -0.1) is 23.1 Å². The fraction of sp³-hybridized carbons (Fsp3) is 0.0741. The fourth-order valence-electron chi connectivity index (χ4n) is 9.34. The number of hydrogen-bond acceptors (Lipinski definition) is 4. The van der Waals surface area contributed by atoms with Crippen molar-refractivity contribution in [2.75, 3.05) is 4.90 Å². The maximum atomic E-state index is 6.30. The summed E-state index contributed by atoms with van der Waals surface area (Å²) >= 11 is 3.88. The molecule has 3 heterocycles. The van der Waals surface area contributed by atoms with Crippen LogP contribution in [0.1, 0.15) is 23.0 Å². The first-order chi connectivity index (χ1) is 28.7. The summed E-state index contributed by atoms with van der Waals surface area (Å²) in [6.07, 6.45) is 17.8. The highest BCUT2D eigenvalue weighted by Crippen LogP contribution is 2.52. The van der Waals surface area contributed by atoms with Gasteiger partial charge in [0, 0.05) is 64.8 Å². The van der Waals surface area contributed by atoms with E-state index in [1.54, 1.807) is 0 Å². The minimum absolute atomic E-state index is 0.0715. The Kier molecular flexibility index (Phi) is 7.95. The van der Waals surface area contributed by atoms with E-state index < -0.39 is 0 Å². The third kappa shape index (κ3) is 5.54. The number of anilines is 3. The molecule has 58 heavy (non-hydrogen) atoms. The van der Waals surface area contributed by atoms with Crippen LogP contribution in [0.25, 0.3) is 53.6 Å². The molecule has 4 atom stereocenters. The predicted octanol–water partition coefficient (Wildman–Crippen LogP) is 15.2. The topological polar surface area (TPSA) is 12.5 Å². The van der Waals surface area contributed by atoms with E-state index in [2.05, 4.69) is 205 Å². The minimum Gasteiger partial charge on any atom is -0.485 e. The molecule has 0 fully saturated rings. The minimum atomic E-state index is 0.0715. The highest BCUT2D eigenvalue weighted by atomic mass is 32.2. The first kappa shape index (κ1) is 33.8. The van der Waals surface area contributed by atoms with Gasteiger partial charge >= 0.3 is 0 Å². The molecule has 2 aliphatic heterocycles. The average Bonchev–Trinajstić information content (AvgIpc) is 3.98. The molecule has 4 heteroatoms. The lowest BCUT2D eigenvalue weighted by atomic mass is 9.90. The Labute approximate surface area is 346 Å². The zero-order chi connectivity index (χ0) is 38.2. The molecule has 4 aliphatic rings. The molecule has 4 unspecified atom stereocenters. The van der Waals surface area contributed by atoms with Gasteiger partial charge in [0.15, 0.2) is 0 Å². The van der Waals surface area contributed by atoms with Crippen molar-refractivity contribution in [3.63, 3.8) is 0 Å². The second-order valence-corrected chi connectivity index (χ2v) is 17.7. The molecule has 8 aromatic rings. The van der Waals surface area contributed by atoms with E-state index in [4.69, 9.17) is 4.74 Å². The normalized spacial score (nSPS) is 19.5. The summed E-state index contributed by atoms with van der Waals surface area (Å²) in [6, 6.07) is 56.2. The van der Waals surface area contributed by atoms with Crippen molar-refractivity contribution in [3.05, 3.63) is 211 Å². The van der Waals surface area contributed by atoms with Crippen molar-refractivity contribution in [1.82, 2.24) is 0 Å². The molecule has 0 saturated heterocycles. The Bertz CT molecular complexity index is 3040. The Morgan fingerprint density at radius 2 is 1.14 bits per heavy atom. The summed E-state index contributed by atoms with van der Waals surface area (Å²) in [5, 5.41) is 3.11.